The van der Waals surface area contributed by atoms with Gasteiger partial charge in [0, 0.05) is 33.6 Å². The van der Waals surface area contributed by atoms with Crippen molar-refractivity contribution in [2.24, 2.45) is 5.92 Å². The average molecular weight is 719 g/mol. The predicted octanol–water partition coefficient (Wildman–Crippen LogP) is 11.9. The summed E-state index contributed by atoms with van der Waals surface area (Å²) in [5.41, 5.74) is 18.3. The first-order chi connectivity index (χ1) is 26.4. The lowest BCUT2D eigenvalue weighted by atomic mass is 9.37. The number of nitrogens with zero attached hydrogens (tertiary/aromatic N) is 2. The molecular formula is C50H47BN2O2. The predicted molar refractivity (Wildman–Crippen MR) is 232 cm³/mol. The van der Waals surface area contributed by atoms with Crippen molar-refractivity contribution >= 4 is 74.7 Å². The molecule has 272 valence electrons. The highest BCUT2D eigenvalue weighted by molar-refractivity contribution is 6.99. The molecule has 1 aliphatic carbocycles. The van der Waals surface area contributed by atoms with Gasteiger partial charge in [-0.25, -0.2) is 0 Å². The zero-order valence-corrected chi connectivity index (χ0v) is 33.1. The van der Waals surface area contributed by atoms with E-state index in [1.807, 2.05) is 0 Å². The monoisotopic (exact) mass is 718 g/mol. The summed E-state index contributed by atoms with van der Waals surface area (Å²) < 4.78 is 14.2. The molecule has 0 bridgehead atoms. The maximum Gasteiger partial charge on any atom is 0.342 e. The summed E-state index contributed by atoms with van der Waals surface area (Å²) in [7, 11) is 0. The van der Waals surface area contributed by atoms with Crippen LogP contribution in [0.2, 0.25) is 0 Å². The van der Waals surface area contributed by atoms with Gasteiger partial charge in [0.2, 0.25) is 0 Å². The van der Waals surface area contributed by atoms with E-state index in [1.165, 1.54) is 44.5 Å². The van der Waals surface area contributed by atoms with Crippen LogP contribution in [0.25, 0.3) is 28.2 Å². The molecule has 0 spiro atoms. The van der Waals surface area contributed by atoms with E-state index in [9.17, 15) is 0 Å². The number of furan rings is 2. The van der Waals surface area contributed by atoms with Crippen molar-refractivity contribution in [1.29, 1.82) is 0 Å². The lowest BCUT2D eigenvalue weighted by Gasteiger charge is -2.41. The Hall–Kier alpha value is -5.68. The lowest BCUT2D eigenvalue weighted by molar-refractivity contribution is 0.571. The molecule has 1 atom stereocenters. The van der Waals surface area contributed by atoms with Gasteiger partial charge in [0.15, 0.2) is 0 Å². The fourth-order valence-electron chi connectivity index (χ4n) is 9.12. The van der Waals surface area contributed by atoms with Crippen LogP contribution in [-0.2, 0) is 17.3 Å². The molecule has 0 fully saturated rings. The Morgan fingerprint density at radius 1 is 0.655 bits per heavy atom. The van der Waals surface area contributed by atoms with Crippen LogP contribution in [0.15, 0.2) is 124 Å². The van der Waals surface area contributed by atoms with Crippen molar-refractivity contribution in [3.63, 3.8) is 0 Å². The fraction of sp³-hybridized carbons (Fsp3) is 0.240. The minimum absolute atomic E-state index is 0.0485. The molecule has 0 radical (unpaired) electrons. The standard InChI is InChI=1S/C50H47BN2O2/c1-30-17-26-43-38(27-30)46-48(55-43)51-44-40(52(46)35-24-22-34(23-25-35)50(6,7)8)28-31(2)29-41(44)53(45-37-14-10-12-16-42(37)54-47(45)51)39-15-11-9-13-36(39)32-18-20-33(21-19-32)49(3,4)5/h9-26,28-30H,27H2,1-8H3. The van der Waals surface area contributed by atoms with E-state index >= 15 is 0 Å². The van der Waals surface area contributed by atoms with Crippen LogP contribution in [0.1, 0.15) is 76.5 Å². The Bertz CT molecular complexity index is 2680. The SMILES string of the molecule is Cc1cc2c3c(c1)N(c1ccccc1-c1ccc(C(C)(C)C)cc1)c1c(oc4ccccc14)B3c1oc3c(c1N2c1ccc(C(C)(C)C)cc1)CC(C)C=C3. The van der Waals surface area contributed by atoms with Gasteiger partial charge in [-0.05, 0) is 106 Å². The molecule has 0 amide bonds. The maximum atomic E-state index is 7.10. The third-order valence-electron chi connectivity index (χ3n) is 12.0. The van der Waals surface area contributed by atoms with Crippen LogP contribution in [-0.4, -0.2) is 6.71 Å². The van der Waals surface area contributed by atoms with Gasteiger partial charge in [-0.3, -0.25) is 0 Å². The van der Waals surface area contributed by atoms with E-state index in [0.29, 0.717) is 5.92 Å². The number of fused-ring (bicyclic) bond motifs is 8. The van der Waals surface area contributed by atoms with Crippen LogP contribution in [0.5, 0.6) is 0 Å². The van der Waals surface area contributed by atoms with Gasteiger partial charge in [-0.2, -0.15) is 0 Å². The van der Waals surface area contributed by atoms with Gasteiger partial charge in [-0.1, -0.05) is 121 Å². The van der Waals surface area contributed by atoms with Gasteiger partial charge in [0.1, 0.15) is 22.7 Å². The first kappa shape index (κ1) is 33.9. The zero-order chi connectivity index (χ0) is 38.0. The summed E-state index contributed by atoms with van der Waals surface area (Å²) >= 11 is 0. The van der Waals surface area contributed by atoms with Crippen molar-refractivity contribution in [1.82, 2.24) is 0 Å². The van der Waals surface area contributed by atoms with Gasteiger partial charge in [0.05, 0.1) is 17.1 Å². The van der Waals surface area contributed by atoms with Crippen LogP contribution in [0, 0.1) is 12.8 Å². The summed E-state index contributed by atoms with van der Waals surface area (Å²) in [4.78, 5) is 4.97. The number of para-hydroxylation sites is 2. The first-order valence-corrected chi connectivity index (χ1v) is 19.8. The Labute approximate surface area is 325 Å². The Kier molecular flexibility index (Phi) is 7.33. The van der Waals surface area contributed by atoms with Crippen molar-refractivity contribution in [3.05, 3.63) is 143 Å². The fourth-order valence-corrected chi connectivity index (χ4v) is 9.12. The van der Waals surface area contributed by atoms with Gasteiger partial charge in [0.25, 0.3) is 0 Å². The normalized spacial score (nSPS) is 15.9. The Balaban J connectivity index is 1.28. The molecule has 5 aromatic carbocycles. The van der Waals surface area contributed by atoms with Crippen LogP contribution < -0.4 is 26.6 Å². The van der Waals surface area contributed by atoms with Crippen molar-refractivity contribution in [3.8, 4) is 11.1 Å². The lowest BCUT2D eigenvalue weighted by Crippen LogP contribution is -2.60. The molecular weight excluding hydrogens is 671 g/mol. The van der Waals surface area contributed by atoms with Crippen molar-refractivity contribution < 1.29 is 8.83 Å². The third-order valence-corrected chi connectivity index (χ3v) is 12.0. The van der Waals surface area contributed by atoms with Crippen LogP contribution in [0.3, 0.4) is 0 Å². The minimum Gasteiger partial charge on any atom is -0.468 e. The number of allylic oxidation sites excluding steroid dienone is 1. The highest BCUT2D eigenvalue weighted by Crippen LogP contribution is 2.51. The summed E-state index contributed by atoms with van der Waals surface area (Å²) in [5, 5.41) is 1.09. The number of rotatable bonds is 3. The topological polar surface area (TPSA) is 32.8 Å². The molecule has 0 saturated heterocycles. The average Bonchev–Trinajstić information content (AvgIpc) is 3.73. The summed E-state index contributed by atoms with van der Waals surface area (Å²) in [6, 6.07) is 40.4. The number of hydrogen-bond acceptors (Lipinski definition) is 4. The van der Waals surface area contributed by atoms with Crippen molar-refractivity contribution in [2.75, 3.05) is 9.80 Å². The smallest absolute Gasteiger partial charge is 0.342 e. The Morgan fingerprint density at radius 3 is 1.98 bits per heavy atom. The van der Waals surface area contributed by atoms with E-state index < -0.39 is 0 Å². The number of aryl methyl sites for hydroxylation is 1. The molecule has 0 saturated carbocycles. The van der Waals surface area contributed by atoms with Crippen molar-refractivity contribution in [2.45, 2.75) is 72.6 Å². The van der Waals surface area contributed by atoms with Crippen LogP contribution >= 0.6 is 0 Å². The molecule has 2 aliphatic heterocycles. The highest BCUT2D eigenvalue weighted by Gasteiger charge is 2.50. The molecule has 0 N–H and O–H groups in total. The molecule has 4 heterocycles. The molecule has 55 heavy (non-hydrogen) atoms. The zero-order valence-electron chi connectivity index (χ0n) is 33.1. The molecule has 4 nitrogen and oxygen atoms in total. The van der Waals surface area contributed by atoms with Gasteiger partial charge < -0.3 is 18.6 Å². The van der Waals surface area contributed by atoms with E-state index in [1.54, 1.807) is 0 Å². The van der Waals surface area contributed by atoms with Gasteiger partial charge >= 0.3 is 6.71 Å². The number of hydrogen-bond donors (Lipinski definition) is 0. The largest absolute Gasteiger partial charge is 0.468 e. The number of benzene rings is 5. The van der Waals surface area contributed by atoms with E-state index in [2.05, 4.69) is 187 Å². The highest BCUT2D eigenvalue weighted by atomic mass is 16.4. The van der Waals surface area contributed by atoms with E-state index in [-0.39, 0.29) is 17.5 Å². The van der Waals surface area contributed by atoms with Gasteiger partial charge in [-0.15, -0.1) is 0 Å². The molecule has 2 aromatic heterocycles. The quantitative estimate of drug-likeness (QED) is 0.170. The molecule has 5 heteroatoms. The third kappa shape index (κ3) is 5.19. The first-order valence-electron chi connectivity index (χ1n) is 19.8. The molecule has 3 aliphatic rings. The summed E-state index contributed by atoms with van der Waals surface area (Å²) in [6.07, 6.45) is 5.39. The minimum atomic E-state index is -0.225. The summed E-state index contributed by atoms with van der Waals surface area (Å²) in [6.45, 7) is 17.9. The molecule has 1 unspecified atom stereocenters. The maximum absolute atomic E-state index is 7.10. The summed E-state index contributed by atoms with van der Waals surface area (Å²) in [5.74, 6) is 1.36. The second-order valence-corrected chi connectivity index (χ2v) is 18.0. The Morgan fingerprint density at radius 2 is 1.27 bits per heavy atom. The molecule has 10 rings (SSSR count). The second kappa shape index (κ2) is 11.9. The van der Waals surface area contributed by atoms with E-state index in [0.717, 1.165) is 62.9 Å². The molecule has 7 aromatic rings. The second-order valence-electron chi connectivity index (χ2n) is 18.0. The van der Waals surface area contributed by atoms with Crippen LogP contribution in [0.4, 0.5) is 34.1 Å². The number of anilines is 6. The van der Waals surface area contributed by atoms with E-state index in [4.69, 9.17) is 8.83 Å².